The van der Waals surface area contributed by atoms with E-state index < -0.39 is 0 Å². The molecule has 5 heteroatoms. The third-order valence-electron chi connectivity index (χ3n) is 1.94. The number of hydrogen-bond donors (Lipinski definition) is 0. The molecule has 0 aromatic rings. The van der Waals surface area contributed by atoms with Gasteiger partial charge in [-0.25, -0.2) is 0 Å². The predicted molar refractivity (Wildman–Crippen MR) is 61.8 cm³/mol. The summed E-state index contributed by atoms with van der Waals surface area (Å²) in [6, 6.07) is 0. The maximum Gasteiger partial charge on any atom is 0.214 e. The summed E-state index contributed by atoms with van der Waals surface area (Å²) < 4.78 is 16.6. The van der Waals surface area contributed by atoms with Crippen LogP contribution in [-0.4, -0.2) is 58.0 Å². The van der Waals surface area contributed by atoms with E-state index in [0.717, 1.165) is 24.2 Å². The average molecular weight is 234 g/mol. The van der Waals surface area contributed by atoms with Crippen molar-refractivity contribution in [2.45, 2.75) is 19.8 Å². The summed E-state index contributed by atoms with van der Waals surface area (Å²) in [7, 11) is 1.48. The fourth-order valence-electron chi connectivity index (χ4n) is 0.981. The van der Waals surface area contributed by atoms with Crippen LogP contribution in [0, 0.1) is 4.91 Å². The van der Waals surface area contributed by atoms with Gasteiger partial charge in [0.1, 0.15) is 6.61 Å². The summed E-state index contributed by atoms with van der Waals surface area (Å²) in [6.45, 7) is 6.14. The molecule has 0 aromatic heterocycles. The molecule has 0 unspecified atom stereocenters. The van der Waals surface area contributed by atoms with Crippen molar-refractivity contribution in [1.82, 2.24) is 0 Å². The molecule has 0 saturated heterocycles. The highest BCUT2D eigenvalue weighted by Crippen LogP contribution is 1.87. The van der Waals surface area contributed by atoms with E-state index in [2.05, 4.69) is 6.92 Å². The van der Waals surface area contributed by atoms with Gasteiger partial charge in [-0.05, 0) is 11.2 Å². The molecule has 0 heterocycles. The Labute approximate surface area is 97.6 Å². The van der Waals surface area contributed by atoms with Crippen LogP contribution in [0.2, 0.25) is 0 Å². The molecule has 0 bridgehead atoms. The van der Waals surface area contributed by atoms with Crippen LogP contribution in [0.4, 0.5) is 0 Å². The standard InChI is InChI=1S/C11H24NO4/c1-3-4-6-14-8-10-16-11-9-15-7-5-12(2)13/h3-11H2,1-2H3/q+1. The molecule has 0 radical (unpaired) electrons. The first kappa shape index (κ1) is 15.5. The van der Waals surface area contributed by atoms with E-state index >= 15 is 0 Å². The quantitative estimate of drug-likeness (QED) is 0.376. The highest BCUT2D eigenvalue weighted by atomic mass is 16.5. The molecule has 0 N–H and O–H groups in total. The van der Waals surface area contributed by atoms with E-state index in [0.29, 0.717) is 39.6 Å². The Hall–Kier alpha value is -0.520. The molecule has 0 atom stereocenters. The van der Waals surface area contributed by atoms with Gasteiger partial charge in [0, 0.05) is 11.5 Å². The van der Waals surface area contributed by atoms with Crippen LogP contribution in [0.1, 0.15) is 19.8 Å². The van der Waals surface area contributed by atoms with Gasteiger partial charge in [-0.2, -0.15) is 0 Å². The monoisotopic (exact) mass is 234 g/mol. The molecule has 0 aliphatic carbocycles. The molecule has 0 amide bonds. The van der Waals surface area contributed by atoms with Gasteiger partial charge >= 0.3 is 0 Å². The van der Waals surface area contributed by atoms with E-state index in [4.69, 9.17) is 14.2 Å². The van der Waals surface area contributed by atoms with Crippen molar-refractivity contribution < 1.29 is 19.0 Å². The number of unbranched alkanes of at least 4 members (excludes halogenated alkanes) is 1. The zero-order chi connectivity index (χ0) is 12.1. The minimum Gasteiger partial charge on any atom is -0.379 e. The molecule has 0 saturated carbocycles. The van der Waals surface area contributed by atoms with Crippen LogP contribution in [-0.2, 0) is 14.2 Å². The summed E-state index contributed by atoms with van der Waals surface area (Å²) in [5.41, 5.74) is 0. The maximum atomic E-state index is 10.5. The fourth-order valence-corrected chi connectivity index (χ4v) is 0.981. The van der Waals surface area contributed by atoms with E-state index in [1.165, 1.54) is 7.05 Å². The Morgan fingerprint density at radius 3 is 1.88 bits per heavy atom. The first-order valence-electron chi connectivity index (χ1n) is 5.89. The Kier molecular flexibility index (Phi) is 12.1. The minimum absolute atomic E-state index is 0.403. The van der Waals surface area contributed by atoms with Crippen LogP contribution >= 0.6 is 0 Å². The third-order valence-corrected chi connectivity index (χ3v) is 1.94. The second kappa shape index (κ2) is 12.5. The Bertz CT molecular complexity index is 164. The summed E-state index contributed by atoms with van der Waals surface area (Å²) in [4.78, 5) is 10.5. The molecular formula is C11H24NO4+. The molecule has 96 valence electrons. The topological polar surface area (TPSA) is 47.8 Å². The Morgan fingerprint density at radius 2 is 1.38 bits per heavy atom. The summed E-state index contributed by atoms with van der Waals surface area (Å²) >= 11 is 0. The van der Waals surface area contributed by atoms with Gasteiger partial charge in [0.15, 0.2) is 7.05 Å². The van der Waals surface area contributed by atoms with Crippen LogP contribution in [0.3, 0.4) is 0 Å². The van der Waals surface area contributed by atoms with E-state index in [9.17, 15) is 4.91 Å². The molecule has 0 aliphatic heterocycles. The van der Waals surface area contributed by atoms with Crippen molar-refractivity contribution >= 4 is 0 Å². The number of nitrogens with zero attached hydrogens (tertiary/aromatic N) is 1. The van der Waals surface area contributed by atoms with Crippen molar-refractivity contribution in [3.05, 3.63) is 4.91 Å². The predicted octanol–water partition coefficient (Wildman–Crippen LogP) is 1.25. The summed E-state index contributed by atoms with van der Waals surface area (Å²) in [5.74, 6) is 0. The van der Waals surface area contributed by atoms with Crippen LogP contribution in [0.15, 0.2) is 0 Å². The lowest BCUT2D eigenvalue weighted by Crippen LogP contribution is -2.14. The van der Waals surface area contributed by atoms with Crippen LogP contribution in [0.25, 0.3) is 0 Å². The first-order chi connectivity index (χ1) is 7.77. The minimum atomic E-state index is 0.403. The first-order valence-corrected chi connectivity index (χ1v) is 5.89. The highest BCUT2D eigenvalue weighted by molar-refractivity contribution is 4.35. The molecule has 16 heavy (non-hydrogen) atoms. The molecule has 0 aromatic carbocycles. The Morgan fingerprint density at radius 1 is 0.875 bits per heavy atom. The molecule has 0 aliphatic rings. The number of rotatable bonds is 12. The van der Waals surface area contributed by atoms with Gasteiger partial charge in [-0.1, -0.05) is 13.3 Å². The van der Waals surface area contributed by atoms with Crippen molar-refractivity contribution in [2.24, 2.45) is 0 Å². The largest absolute Gasteiger partial charge is 0.379 e. The lowest BCUT2D eigenvalue weighted by molar-refractivity contribution is -0.521. The van der Waals surface area contributed by atoms with E-state index in [-0.39, 0.29) is 0 Å². The smallest absolute Gasteiger partial charge is 0.214 e. The van der Waals surface area contributed by atoms with Crippen LogP contribution in [0.5, 0.6) is 0 Å². The number of nitroso groups, excluding NO2 is 1. The SMILES string of the molecule is CCCCOCCOCCOCC[N+](C)=O. The zero-order valence-electron chi connectivity index (χ0n) is 10.4. The molecule has 0 fully saturated rings. The number of ether oxygens (including phenoxy) is 3. The number of hydrogen-bond acceptors (Lipinski definition) is 4. The van der Waals surface area contributed by atoms with Gasteiger partial charge in [-0.3, -0.25) is 0 Å². The van der Waals surface area contributed by atoms with Crippen molar-refractivity contribution in [2.75, 3.05) is 53.2 Å². The fraction of sp³-hybridized carbons (Fsp3) is 1.00. The van der Waals surface area contributed by atoms with E-state index in [1.54, 1.807) is 0 Å². The third kappa shape index (κ3) is 13.5. The lowest BCUT2D eigenvalue weighted by atomic mass is 10.4. The molecule has 0 rings (SSSR count). The molecule has 5 nitrogen and oxygen atoms in total. The van der Waals surface area contributed by atoms with Crippen molar-refractivity contribution in [3.8, 4) is 0 Å². The lowest BCUT2D eigenvalue weighted by Gasteiger charge is -2.05. The van der Waals surface area contributed by atoms with E-state index in [1.807, 2.05) is 0 Å². The van der Waals surface area contributed by atoms with Gasteiger partial charge in [0.2, 0.25) is 6.54 Å². The highest BCUT2D eigenvalue weighted by Gasteiger charge is 1.97. The second-order valence-corrected chi connectivity index (χ2v) is 3.54. The zero-order valence-corrected chi connectivity index (χ0v) is 10.4. The van der Waals surface area contributed by atoms with Gasteiger partial charge in [0.25, 0.3) is 0 Å². The van der Waals surface area contributed by atoms with Gasteiger partial charge in [-0.15, -0.1) is 0 Å². The number of likely N-dealkylation sites (N-methyl/N-ethyl adjacent to an activating group) is 1. The molecule has 0 spiro atoms. The van der Waals surface area contributed by atoms with Gasteiger partial charge < -0.3 is 14.2 Å². The summed E-state index contributed by atoms with van der Waals surface area (Å²) in [5, 5.41) is 0. The van der Waals surface area contributed by atoms with Crippen molar-refractivity contribution in [1.29, 1.82) is 0 Å². The Balaban J connectivity index is 2.90. The maximum absolute atomic E-state index is 10.5. The van der Waals surface area contributed by atoms with Crippen LogP contribution < -0.4 is 0 Å². The van der Waals surface area contributed by atoms with Crippen molar-refractivity contribution in [3.63, 3.8) is 0 Å². The normalized spacial score (nSPS) is 10.6. The summed E-state index contributed by atoms with van der Waals surface area (Å²) in [6.07, 6.45) is 2.26. The van der Waals surface area contributed by atoms with Gasteiger partial charge in [0.05, 0.1) is 26.4 Å². The second-order valence-electron chi connectivity index (χ2n) is 3.54. The molecular weight excluding hydrogens is 210 g/mol. The average Bonchev–Trinajstić information content (AvgIpc) is 2.25.